The first-order valence-electron chi connectivity index (χ1n) is 5.69. The van der Waals surface area contributed by atoms with Crippen LogP contribution in [0.2, 0.25) is 0 Å². The zero-order chi connectivity index (χ0) is 12.5. The van der Waals surface area contributed by atoms with Gasteiger partial charge in [-0.1, -0.05) is 42.5 Å². The monoisotopic (exact) mass is 240 g/mol. The predicted molar refractivity (Wildman–Crippen MR) is 69.3 cm³/mol. The molecule has 2 heteroatoms. The van der Waals surface area contributed by atoms with E-state index < -0.39 is 0 Å². The summed E-state index contributed by atoms with van der Waals surface area (Å²) in [6.07, 6.45) is 0. The fourth-order valence-corrected chi connectivity index (χ4v) is 2.11. The zero-order valence-corrected chi connectivity index (χ0v) is 9.53. The van der Waals surface area contributed by atoms with Gasteiger partial charge >= 0.3 is 0 Å². The second-order valence-corrected chi connectivity index (χ2v) is 4.16. The highest BCUT2D eigenvalue weighted by atomic mass is 19.1. The molecule has 0 saturated heterocycles. The Morgan fingerprint density at radius 1 is 0.667 bits per heavy atom. The summed E-state index contributed by atoms with van der Waals surface area (Å²) >= 11 is 0. The Hall–Kier alpha value is -2.22. The lowest BCUT2D eigenvalue weighted by atomic mass is 10.0. The summed E-state index contributed by atoms with van der Waals surface area (Å²) in [4.78, 5) is 0. The third kappa shape index (κ3) is 1.76. The molecule has 0 aliphatic carbocycles. The Morgan fingerprint density at radius 3 is 2.22 bits per heavy atom. The Bertz CT molecular complexity index is 717. The third-order valence-corrected chi connectivity index (χ3v) is 3.00. The molecule has 0 aliphatic heterocycles. The molecular formula is C16H10F2. The van der Waals surface area contributed by atoms with Gasteiger partial charge in [-0.2, -0.15) is 0 Å². The molecule has 0 radical (unpaired) electrons. The van der Waals surface area contributed by atoms with Gasteiger partial charge in [0, 0.05) is 10.9 Å². The van der Waals surface area contributed by atoms with Gasteiger partial charge in [0.05, 0.1) is 0 Å². The van der Waals surface area contributed by atoms with E-state index in [1.807, 2.05) is 12.1 Å². The molecule has 0 aromatic heterocycles. The smallest absolute Gasteiger partial charge is 0.131 e. The standard InChI is InChI=1S/C16H10F2/c17-15-8-4-3-7-14(15)12-9-11-5-1-2-6-13(11)16(18)10-12/h1-10H. The van der Waals surface area contributed by atoms with E-state index in [-0.39, 0.29) is 11.6 Å². The van der Waals surface area contributed by atoms with E-state index in [0.29, 0.717) is 16.5 Å². The second-order valence-electron chi connectivity index (χ2n) is 4.16. The van der Waals surface area contributed by atoms with Crippen LogP contribution in [0, 0.1) is 11.6 Å². The number of hydrogen-bond acceptors (Lipinski definition) is 0. The first-order valence-corrected chi connectivity index (χ1v) is 5.69. The van der Waals surface area contributed by atoms with Gasteiger partial charge in [0.1, 0.15) is 11.6 Å². The van der Waals surface area contributed by atoms with E-state index in [1.165, 1.54) is 12.1 Å². The lowest BCUT2D eigenvalue weighted by molar-refractivity contribution is 0.629. The topological polar surface area (TPSA) is 0 Å². The number of benzene rings is 3. The van der Waals surface area contributed by atoms with E-state index in [1.54, 1.807) is 36.4 Å². The summed E-state index contributed by atoms with van der Waals surface area (Å²) in [5.41, 5.74) is 0.978. The van der Waals surface area contributed by atoms with E-state index in [2.05, 4.69) is 0 Å². The maximum Gasteiger partial charge on any atom is 0.131 e. The van der Waals surface area contributed by atoms with Crippen molar-refractivity contribution >= 4 is 10.8 Å². The maximum atomic E-state index is 13.9. The van der Waals surface area contributed by atoms with E-state index >= 15 is 0 Å². The van der Waals surface area contributed by atoms with Crippen LogP contribution in [0.5, 0.6) is 0 Å². The molecule has 3 aromatic rings. The fraction of sp³-hybridized carbons (Fsp3) is 0. The van der Waals surface area contributed by atoms with E-state index in [0.717, 1.165) is 5.39 Å². The van der Waals surface area contributed by atoms with Gasteiger partial charge in [0.2, 0.25) is 0 Å². The molecule has 0 N–H and O–H groups in total. The van der Waals surface area contributed by atoms with Crippen LogP contribution in [-0.2, 0) is 0 Å². The van der Waals surface area contributed by atoms with Crippen molar-refractivity contribution in [1.82, 2.24) is 0 Å². The molecule has 0 atom stereocenters. The Kier molecular flexibility index (Phi) is 2.56. The highest BCUT2D eigenvalue weighted by molar-refractivity contribution is 5.87. The largest absolute Gasteiger partial charge is 0.206 e. The Morgan fingerprint density at radius 2 is 1.39 bits per heavy atom. The molecule has 0 saturated carbocycles. The third-order valence-electron chi connectivity index (χ3n) is 3.00. The molecule has 88 valence electrons. The lowest BCUT2D eigenvalue weighted by Crippen LogP contribution is -1.87. The van der Waals surface area contributed by atoms with Crippen molar-refractivity contribution in [1.29, 1.82) is 0 Å². The molecule has 0 aliphatic rings. The molecule has 0 heterocycles. The minimum Gasteiger partial charge on any atom is -0.206 e. The Balaban J connectivity index is 2.28. The number of fused-ring (bicyclic) bond motifs is 1. The second kappa shape index (κ2) is 4.22. The number of halogens is 2. The summed E-state index contributed by atoms with van der Waals surface area (Å²) in [7, 11) is 0. The molecule has 0 spiro atoms. The van der Waals surface area contributed by atoms with Crippen molar-refractivity contribution in [2.24, 2.45) is 0 Å². The van der Waals surface area contributed by atoms with Gasteiger partial charge in [-0.05, 0) is 29.1 Å². The average Bonchev–Trinajstić information content (AvgIpc) is 2.39. The van der Waals surface area contributed by atoms with Crippen LogP contribution in [0.15, 0.2) is 60.7 Å². The number of rotatable bonds is 1. The summed E-state index contributed by atoms with van der Waals surface area (Å²) < 4.78 is 27.6. The van der Waals surface area contributed by atoms with Gasteiger partial charge in [-0.25, -0.2) is 8.78 Å². The molecule has 18 heavy (non-hydrogen) atoms. The van der Waals surface area contributed by atoms with Crippen molar-refractivity contribution < 1.29 is 8.78 Å². The first-order chi connectivity index (χ1) is 8.75. The van der Waals surface area contributed by atoms with Crippen LogP contribution in [0.1, 0.15) is 0 Å². The lowest BCUT2D eigenvalue weighted by Gasteiger charge is -2.06. The quantitative estimate of drug-likeness (QED) is 0.574. The van der Waals surface area contributed by atoms with Gasteiger partial charge in [0.15, 0.2) is 0 Å². The maximum absolute atomic E-state index is 13.9. The van der Waals surface area contributed by atoms with Gasteiger partial charge in [0.25, 0.3) is 0 Å². The van der Waals surface area contributed by atoms with Crippen molar-refractivity contribution in [2.45, 2.75) is 0 Å². The molecule has 3 rings (SSSR count). The molecule has 0 bridgehead atoms. The number of hydrogen-bond donors (Lipinski definition) is 0. The molecule has 0 fully saturated rings. The van der Waals surface area contributed by atoms with Crippen LogP contribution in [0.25, 0.3) is 21.9 Å². The van der Waals surface area contributed by atoms with Crippen LogP contribution in [0.4, 0.5) is 8.78 Å². The molecule has 3 aromatic carbocycles. The average molecular weight is 240 g/mol. The fourth-order valence-electron chi connectivity index (χ4n) is 2.11. The van der Waals surface area contributed by atoms with E-state index in [9.17, 15) is 8.78 Å². The van der Waals surface area contributed by atoms with Crippen molar-refractivity contribution in [3.63, 3.8) is 0 Å². The zero-order valence-electron chi connectivity index (χ0n) is 9.53. The summed E-state index contributed by atoms with van der Waals surface area (Å²) in [6.45, 7) is 0. The summed E-state index contributed by atoms with van der Waals surface area (Å²) in [6, 6.07) is 16.7. The highest BCUT2D eigenvalue weighted by Crippen LogP contribution is 2.28. The van der Waals surface area contributed by atoms with Crippen molar-refractivity contribution in [3.05, 3.63) is 72.3 Å². The van der Waals surface area contributed by atoms with Crippen molar-refractivity contribution in [2.75, 3.05) is 0 Å². The van der Waals surface area contributed by atoms with Gasteiger partial charge < -0.3 is 0 Å². The molecule has 0 amide bonds. The minimum absolute atomic E-state index is 0.327. The van der Waals surface area contributed by atoms with Crippen LogP contribution in [0.3, 0.4) is 0 Å². The van der Waals surface area contributed by atoms with Gasteiger partial charge in [-0.15, -0.1) is 0 Å². The summed E-state index contributed by atoms with van der Waals surface area (Å²) in [5.74, 6) is -0.668. The summed E-state index contributed by atoms with van der Waals surface area (Å²) in [5, 5.41) is 1.33. The van der Waals surface area contributed by atoms with Gasteiger partial charge in [-0.3, -0.25) is 0 Å². The van der Waals surface area contributed by atoms with E-state index in [4.69, 9.17) is 0 Å². The SMILES string of the molecule is Fc1ccccc1-c1cc(F)c2ccccc2c1. The van der Waals surface area contributed by atoms with Crippen LogP contribution in [-0.4, -0.2) is 0 Å². The predicted octanol–water partition coefficient (Wildman–Crippen LogP) is 4.79. The molecule has 0 unspecified atom stereocenters. The minimum atomic E-state index is -0.341. The van der Waals surface area contributed by atoms with Crippen LogP contribution >= 0.6 is 0 Å². The van der Waals surface area contributed by atoms with Crippen LogP contribution < -0.4 is 0 Å². The molecular weight excluding hydrogens is 230 g/mol. The van der Waals surface area contributed by atoms with Crippen molar-refractivity contribution in [3.8, 4) is 11.1 Å². The first kappa shape index (κ1) is 10.9. The highest BCUT2D eigenvalue weighted by Gasteiger charge is 2.08. The Labute approximate surface area is 104 Å². The molecule has 0 nitrogen and oxygen atoms in total. The normalized spacial score (nSPS) is 10.8.